The molecular formula is C21H21F3N4O2. The molecule has 0 unspecified atom stereocenters. The third kappa shape index (κ3) is 6.40. The molecule has 1 N–H and O–H groups in total. The summed E-state index contributed by atoms with van der Waals surface area (Å²) in [6, 6.07) is 10.5. The van der Waals surface area contributed by atoms with Gasteiger partial charge in [0.2, 0.25) is 17.7 Å². The molecule has 6 nitrogen and oxygen atoms in total. The highest BCUT2D eigenvalue weighted by atomic mass is 19.4. The topological polar surface area (TPSA) is 80.9 Å². The molecule has 30 heavy (non-hydrogen) atoms. The molecule has 0 radical (unpaired) electrons. The Balaban J connectivity index is 1.48. The lowest BCUT2D eigenvalue weighted by Gasteiger charge is -2.13. The molecule has 0 spiro atoms. The number of hydrogen-bond acceptors (Lipinski definition) is 5. The van der Waals surface area contributed by atoms with E-state index in [1.54, 1.807) is 12.3 Å². The Kier molecular flexibility index (Phi) is 6.81. The van der Waals surface area contributed by atoms with Gasteiger partial charge >= 0.3 is 6.18 Å². The van der Waals surface area contributed by atoms with Gasteiger partial charge in [-0.3, -0.25) is 9.78 Å². The van der Waals surface area contributed by atoms with E-state index in [9.17, 15) is 18.0 Å². The molecule has 3 aromatic rings. The second-order valence-electron chi connectivity index (χ2n) is 6.96. The van der Waals surface area contributed by atoms with E-state index in [-0.39, 0.29) is 43.0 Å². The molecule has 1 amide bonds. The lowest BCUT2D eigenvalue weighted by molar-refractivity contribution is -0.137. The molecule has 2 aromatic heterocycles. The van der Waals surface area contributed by atoms with Gasteiger partial charge in [0.05, 0.1) is 12.0 Å². The number of alkyl halides is 3. The number of nitrogens with one attached hydrogen (secondary N) is 1. The summed E-state index contributed by atoms with van der Waals surface area (Å²) in [5.74, 6) is 0.314. The molecule has 0 saturated heterocycles. The molecule has 1 aromatic carbocycles. The SMILES string of the molecule is C[C@@H](Cc1ccccn1)NC(=O)CCc1nnc(Cc2cccc(C(F)(F)F)c2)o1. The third-order valence-electron chi connectivity index (χ3n) is 4.33. The van der Waals surface area contributed by atoms with E-state index < -0.39 is 11.7 Å². The first-order chi connectivity index (χ1) is 14.3. The maximum Gasteiger partial charge on any atom is 0.416 e. The average molecular weight is 418 g/mol. The number of nitrogens with zero attached hydrogens (tertiary/aromatic N) is 3. The van der Waals surface area contributed by atoms with E-state index in [1.807, 2.05) is 25.1 Å². The standard InChI is InChI=1S/C21H21F3N4O2/c1-14(11-17-7-2-3-10-25-17)26-18(29)8-9-19-27-28-20(30-19)13-15-5-4-6-16(12-15)21(22,23)24/h2-7,10,12,14H,8-9,11,13H2,1H3,(H,26,29)/t14-/m0/s1. The zero-order chi connectivity index (χ0) is 21.6. The number of aromatic nitrogens is 3. The minimum atomic E-state index is -4.41. The molecule has 158 valence electrons. The fourth-order valence-electron chi connectivity index (χ4n) is 2.94. The van der Waals surface area contributed by atoms with E-state index in [1.165, 1.54) is 6.07 Å². The predicted octanol–water partition coefficient (Wildman–Crippen LogP) is 3.75. The van der Waals surface area contributed by atoms with Crippen LogP contribution in [0.5, 0.6) is 0 Å². The number of halogens is 3. The van der Waals surface area contributed by atoms with Gasteiger partial charge in [0, 0.05) is 37.2 Å². The first-order valence-corrected chi connectivity index (χ1v) is 9.46. The van der Waals surface area contributed by atoms with E-state index >= 15 is 0 Å². The van der Waals surface area contributed by atoms with Crippen LogP contribution in [0.1, 0.15) is 41.9 Å². The van der Waals surface area contributed by atoms with Crippen LogP contribution in [-0.2, 0) is 30.2 Å². The van der Waals surface area contributed by atoms with Gasteiger partial charge in [0.1, 0.15) is 0 Å². The quantitative estimate of drug-likeness (QED) is 0.603. The van der Waals surface area contributed by atoms with Crippen molar-refractivity contribution in [2.75, 3.05) is 0 Å². The van der Waals surface area contributed by atoms with Crippen molar-refractivity contribution in [3.63, 3.8) is 0 Å². The summed E-state index contributed by atoms with van der Waals surface area (Å²) in [5, 5.41) is 10.6. The van der Waals surface area contributed by atoms with E-state index in [0.29, 0.717) is 12.0 Å². The number of rotatable bonds is 8. The Bertz CT molecular complexity index is 974. The van der Waals surface area contributed by atoms with Crippen LogP contribution in [0.2, 0.25) is 0 Å². The van der Waals surface area contributed by atoms with Crippen LogP contribution in [0, 0.1) is 0 Å². The van der Waals surface area contributed by atoms with Crippen molar-refractivity contribution < 1.29 is 22.4 Å². The van der Waals surface area contributed by atoms with Gasteiger partial charge in [-0.05, 0) is 30.7 Å². The molecule has 0 fully saturated rings. The second kappa shape index (κ2) is 9.51. The van der Waals surface area contributed by atoms with Crippen LogP contribution in [-0.4, -0.2) is 27.1 Å². The number of carbonyl (C=O) groups excluding carboxylic acids is 1. The van der Waals surface area contributed by atoms with E-state index in [2.05, 4.69) is 20.5 Å². The van der Waals surface area contributed by atoms with Crippen LogP contribution in [0.25, 0.3) is 0 Å². The monoisotopic (exact) mass is 418 g/mol. The van der Waals surface area contributed by atoms with Crippen LogP contribution >= 0.6 is 0 Å². The Hall–Kier alpha value is -3.23. The van der Waals surface area contributed by atoms with E-state index in [4.69, 9.17) is 4.42 Å². The van der Waals surface area contributed by atoms with Crippen molar-refractivity contribution in [3.8, 4) is 0 Å². The molecule has 2 heterocycles. The summed E-state index contributed by atoms with van der Waals surface area (Å²) in [6.07, 6.45) is -1.58. The number of amides is 1. The van der Waals surface area contributed by atoms with Crippen LogP contribution in [0.3, 0.4) is 0 Å². The minimum Gasteiger partial charge on any atom is -0.425 e. The minimum absolute atomic E-state index is 0.0773. The Morgan fingerprint density at radius 2 is 1.93 bits per heavy atom. The van der Waals surface area contributed by atoms with E-state index in [0.717, 1.165) is 17.8 Å². The van der Waals surface area contributed by atoms with Gasteiger partial charge in [-0.25, -0.2) is 0 Å². The molecule has 0 bridgehead atoms. The summed E-state index contributed by atoms with van der Waals surface area (Å²) in [6.45, 7) is 1.90. The number of hydrogen-bond donors (Lipinski definition) is 1. The second-order valence-corrected chi connectivity index (χ2v) is 6.96. The summed E-state index contributed by atoms with van der Waals surface area (Å²) >= 11 is 0. The molecule has 1 atom stereocenters. The molecule has 0 aliphatic carbocycles. The highest BCUT2D eigenvalue weighted by molar-refractivity contribution is 5.76. The molecule has 0 saturated carbocycles. The first-order valence-electron chi connectivity index (χ1n) is 9.46. The highest BCUT2D eigenvalue weighted by Crippen LogP contribution is 2.29. The lowest BCUT2D eigenvalue weighted by Crippen LogP contribution is -2.34. The number of carbonyl (C=O) groups is 1. The highest BCUT2D eigenvalue weighted by Gasteiger charge is 2.30. The molecule has 3 rings (SSSR count). The van der Waals surface area contributed by atoms with Crippen molar-refractivity contribution in [1.29, 1.82) is 0 Å². The lowest BCUT2D eigenvalue weighted by atomic mass is 10.1. The first kappa shape index (κ1) is 21.5. The Morgan fingerprint density at radius 1 is 1.13 bits per heavy atom. The van der Waals surface area contributed by atoms with Crippen molar-refractivity contribution in [2.24, 2.45) is 0 Å². The number of aryl methyl sites for hydroxylation is 1. The van der Waals surface area contributed by atoms with Crippen molar-refractivity contribution in [1.82, 2.24) is 20.5 Å². The fourth-order valence-corrected chi connectivity index (χ4v) is 2.94. The van der Waals surface area contributed by atoms with Crippen molar-refractivity contribution in [3.05, 3.63) is 77.3 Å². The largest absolute Gasteiger partial charge is 0.425 e. The van der Waals surface area contributed by atoms with Gasteiger partial charge in [0.25, 0.3) is 0 Å². The van der Waals surface area contributed by atoms with Crippen molar-refractivity contribution in [2.45, 2.75) is 44.8 Å². The van der Waals surface area contributed by atoms with Gasteiger partial charge in [-0.1, -0.05) is 24.3 Å². The van der Waals surface area contributed by atoms with Crippen molar-refractivity contribution >= 4 is 5.91 Å². The number of pyridine rings is 1. The van der Waals surface area contributed by atoms with Crippen LogP contribution in [0.4, 0.5) is 13.2 Å². The Morgan fingerprint density at radius 3 is 2.67 bits per heavy atom. The van der Waals surface area contributed by atoms with Crippen LogP contribution < -0.4 is 5.32 Å². The third-order valence-corrected chi connectivity index (χ3v) is 4.33. The van der Waals surface area contributed by atoms with Gasteiger partial charge in [-0.15, -0.1) is 10.2 Å². The van der Waals surface area contributed by atoms with Gasteiger partial charge in [-0.2, -0.15) is 13.2 Å². The summed E-state index contributed by atoms with van der Waals surface area (Å²) in [7, 11) is 0. The number of benzene rings is 1. The molecule has 9 heteroatoms. The zero-order valence-electron chi connectivity index (χ0n) is 16.3. The smallest absolute Gasteiger partial charge is 0.416 e. The zero-order valence-corrected chi connectivity index (χ0v) is 16.3. The fraction of sp³-hybridized carbons (Fsp3) is 0.333. The normalized spacial score (nSPS) is 12.5. The molecular weight excluding hydrogens is 397 g/mol. The van der Waals surface area contributed by atoms with Gasteiger partial charge in [0.15, 0.2) is 0 Å². The summed E-state index contributed by atoms with van der Waals surface area (Å²) in [4.78, 5) is 16.3. The maximum atomic E-state index is 12.8. The Labute approximate surface area is 171 Å². The average Bonchev–Trinajstić information content (AvgIpc) is 3.14. The molecule has 0 aliphatic rings. The summed E-state index contributed by atoms with van der Waals surface area (Å²) < 4.78 is 43.9. The molecule has 0 aliphatic heterocycles. The van der Waals surface area contributed by atoms with Gasteiger partial charge < -0.3 is 9.73 Å². The summed E-state index contributed by atoms with van der Waals surface area (Å²) in [5.41, 5.74) is 0.582. The maximum absolute atomic E-state index is 12.8. The van der Waals surface area contributed by atoms with Crippen LogP contribution in [0.15, 0.2) is 53.1 Å². The predicted molar refractivity (Wildman–Crippen MR) is 102 cm³/mol.